The van der Waals surface area contributed by atoms with Crippen molar-refractivity contribution in [3.05, 3.63) is 0 Å². The molecule has 1 N–H and O–H groups in total. The molecule has 4 nitrogen and oxygen atoms in total. The number of hydrogen-bond donors (Lipinski definition) is 1. The van der Waals surface area contributed by atoms with E-state index in [2.05, 4.69) is 5.32 Å². The number of nitrogens with zero attached hydrogens (tertiary/aromatic N) is 1. The quantitative estimate of drug-likeness (QED) is 0.753. The van der Waals surface area contributed by atoms with Crippen LogP contribution < -0.4 is 5.32 Å². The van der Waals surface area contributed by atoms with Gasteiger partial charge in [0.2, 0.25) is 11.8 Å². The summed E-state index contributed by atoms with van der Waals surface area (Å²) in [6.07, 6.45) is 2.19. The fraction of sp³-hybridized carbons (Fsp3) is 0.818. The smallest absolute Gasteiger partial charge is 0.245 e. The molecule has 0 radical (unpaired) electrons. The lowest BCUT2D eigenvalue weighted by Gasteiger charge is -2.29. The second kappa shape index (κ2) is 4.64. The molecule has 0 aliphatic heterocycles. The normalized spacial score (nSPS) is 17.4. The summed E-state index contributed by atoms with van der Waals surface area (Å²) in [6, 6.07) is 0.195. The number of rotatable bonds is 4. The number of nitrogens with one attached hydrogen (secondary N) is 1. The zero-order valence-electron chi connectivity index (χ0n) is 9.91. The molecule has 0 aromatic rings. The number of carbonyl (C=O) groups excluding carboxylic acids is 2. The third-order valence-electron chi connectivity index (χ3n) is 2.54. The van der Waals surface area contributed by atoms with Gasteiger partial charge in [-0.25, -0.2) is 0 Å². The van der Waals surface area contributed by atoms with Crippen LogP contribution in [0.4, 0.5) is 0 Å². The van der Waals surface area contributed by atoms with Crippen molar-refractivity contribution in [1.82, 2.24) is 10.2 Å². The lowest BCUT2D eigenvalue weighted by atomic mass is 10.2. The van der Waals surface area contributed by atoms with Gasteiger partial charge in [-0.2, -0.15) is 0 Å². The topological polar surface area (TPSA) is 49.4 Å². The van der Waals surface area contributed by atoms with Crippen LogP contribution in [0.1, 0.15) is 40.5 Å². The first-order chi connectivity index (χ1) is 6.93. The Kier molecular flexibility index (Phi) is 3.72. The molecule has 1 aliphatic rings. The van der Waals surface area contributed by atoms with E-state index in [-0.39, 0.29) is 17.9 Å². The molecule has 0 spiro atoms. The third-order valence-corrected chi connectivity index (χ3v) is 2.54. The SMILES string of the molecule is CC(=O)NC(C)C(=O)N(C(C)C)C1CC1. The van der Waals surface area contributed by atoms with Crippen molar-refractivity contribution in [2.75, 3.05) is 0 Å². The van der Waals surface area contributed by atoms with Gasteiger partial charge < -0.3 is 10.2 Å². The van der Waals surface area contributed by atoms with Crippen LogP contribution in [0.3, 0.4) is 0 Å². The van der Waals surface area contributed by atoms with E-state index in [1.54, 1.807) is 6.92 Å². The van der Waals surface area contributed by atoms with E-state index in [4.69, 9.17) is 0 Å². The molecule has 1 rings (SSSR count). The van der Waals surface area contributed by atoms with E-state index < -0.39 is 6.04 Å². The van der Waals surface area contributed by atoms with Crippen LogP contribution in [0.5, 0.6) is 0 Å². The van der Waals surface area contributed by atoms with Gasteiger partial charge in [-0.05, 0) is 33.6 Å². The summed E-state index contributed by atoms with van der Waals surface area (Å²) in [7, 11) is 0. The average Bonchev–Trinajstić information content (AvgIpc) is 2.86. The first-order valence-electron chi connectivity index (χ1n) is 5.52. The highest BCUT2D eigenvalue weighted by atomic mass is 16.2. The number of amides is 2. The highest BCUT2D eigenvalue weighted by Gasteiger charge is 2.36. The summed E-state index contributed by atoms with van der Waals surface area (Å²) in [6.45, 7) is 7.19. The maximum absolute atomic E-state index is 12.0. The maximum atomic E-state index is 12.0. The molecule has 1 saturated carbocycles. The van der Waals surface area contributed by atoms with Crippen LogP contribution in [0.2, 0.25) is 0 Å². The van der Waals surface area contributed by atoms with E-state index in [0.29, 0.717) is 6.04 Å². The van der Waals surface area contributed by atoms with Crippen LogP contribution in [0.25, 0.3) is 0 Å². The van der Waals surface area contributed by atoms with Gasteiger partial charge in [0.1, 0.15) is 6.04 Å². The van der Waals surface area contributed by atoms with E-state index in [9.17, 15) is 9.59 Å². The molecule has 2 amide bonds. The number of hydrogen-bond acceptors (Lipinski definition) is 2. The van der Waals surface area contributed by atoms with Gasteiger partial charge in [-0.15, -0.1) is 0 Å². The molecule has 1 unspecified atom stereocenters. The minimum Gasteiger partial charge on any atom is -0.345 e. The van der Waals surface area contributed by atoms with Crippen molar-refractivity contribution in [2.45, 2.75) is 58.7 Å². The van der Waals surface area contributed by atoms with Crippen molar-refractivity contribution < 1.29 is 9.59 Å². The van der Waals surface area contributed by atoms with Crippen molar-refractivity contribution in [1.29, 1.82) is 0 Å². The molecule has 0 aromatic carbocycles. The monoisotopic (exact) mass is 212 g/mol. The van der Waals surface area contributed by atoms with E-state index in [0.717, 1.165) is 12.8 Å². The van der Waals surface area contributed by atoms with Crippen LogP contribution >= 0.6 is 0 Å². The molecule has 1 aliphatic carbocycles. The Balaban J connectivity index is 2.58. The van der Waals surface area contributed by atoms with Crippen LogP contribution in [-0.4, -0.2) is 34.8 Å². The fourth-order valence-electron chi connectivity index (χ4n) is 1.80. The van der Waals surface area contributed by atoms with Gasteiger partial charge >= 0.3 is 0 Å². The zero-order chi connectivity index (χ0) is 11.6. The minimum atomic E-state index is -0.412. The van der Waals surface area contributed by atoms with Gasteiger partial charge in [0.25, 0.3) is 0 Å². The molecular weight excluding hydrogens is 192 g/mol. The second-order valence-corrected chi connectivity index (χ2v) is 4.49. The summed E-state index contributed by atoms with van der Waals surface area (Å²) < 4.78 is 0. The van der Waals surface area contributed by atoms with Crippen LogP contribution in [-0.2, 0) is 9.59 Å². The predicted molar refractivity (Wildman–Crippen MR) is 58.3 cm³/mol. The summed E-state index contributed by atoms with van der Waals surface area (Å²) >= 11 is 0. The fourth-order valence-corrected chi connectivity index (χ4v) is 1.80. The molecule has 1 fully saturated rings. The number of carbonyl (C=O) groups is 2. The summed E-state index contributed by atoms with van der Waals surface area (Å²) in [4.78, 5) is 24.8. The Morgan fingerprint density at radius 3 is 2.13 bits per heavy atom. The van der Waals surface area contributed by atoms with Crippen LogP contribution in [0.15, 0.2) is 0 Å². The van der Waals surface area contributed by atoms with E-state index in [1.807, 2.05) is 18.7 Å². The predicted octanol–water partition coefficient (Wildman–Crippen LogP) is 0.910. The summed E-state index contributed by atoms with van der Waals surface area (Å²) in [5.41, 5.74) is 0. The van der Waals surface area contributed by atoms with Gasteiger partial charge in [-0.1, -0.05) is 0 Å². The summed E-state index contributed by atoms with van der Waals surface area (Å²) in [5, 5.41) is 2.63. The van der Waals surface area contributed by atoms with Crippen molar-refractivity contribution in [2.24, 2.45) is 0 Å². The molecule has 15 heavy (non-hydrogen) atoms. The second-order valence-electron chi connectivity index (χ2n) is 4.49. The Morgan fingerprint density at radius 2 is 1.80 bits per heavy atom. The standard InChI is InChI=1S/C11H20N2O2/c1-7(2)13(10-5-6-10)11(15)8(3)12-9(4)14/h7-8,10H,5-6H2,1-4H3,(H,12,14). The maximum Gasteiger partial charge on any atom is 0.245 e. The van der Waals surface area contributed by atoms with Crippen molar-refractivity contribution in [3.63, 3.8) is 0 Å². The average molecular weight is 212 g/mol. The molecule has 4 heteroatoms. The lowest BCUT2D eigenvalue weighted by Crippen LogP contribution is -2.49. The lowest BCUT2D eigenvalue weighted by molar-refractivity contribution is -0.137. The Labute approximate surface area is 91.0 Å². The highest BCUT2D eigenvalue weighted by molar-refractivity contribution is 5.87. The van der Waals surface area contributed by atoms with Gasteiger partial charge in [-0.3, -0.25) is 9.59 Å². The largest absolute Gasteiger partial charge is 0.345 e. The van der Waals surface area contributed by atoms with Crippen LogP contribution in [0, 0.1) is 0 Å². The van der Waals surface area contributed by atoms with Crippen molar-refractivity contribution >= 4 is 11.8 Å². The molecule has 0 saturated heterocycles. The van der Waals surface area contributed by atoms with Crippen molar-refractivity contribution in [3.8, 4) is 0 Å². The van der Waals surface area contributed by atoms with E-state index >= 15 is 0 Å². The molecular formula is C11H20N2O2. The van der Waals surface area contributed by atoms with Gasteiger partial charge in [0.15, 0.2) is 0 Å². The van der Waals surface area contributed by atoms with E-state index in [1.165, 1.54) is 6.92 Å². The summed E-state index contributed by atoms with van der Waals surface area (Å²) in [5.74, 6) is -0.127. The molecule has 0 bridgehead atoms. The Hall–Kier alpha value is -1.06. The highest BCUT2D eigenvalue weighted by Crippen LogP contribution is 2.29. The van der Waals surface area contributed by atoms with Gasteiger partial charge in [0, 0.05) is 19.0 Å². The third kappa shape index (κ3) is 3.22. The molecule has 0 aromatic heterocycles. The minimum absolute atomic E-state index is 0.0303. The first kappa shape index (κ1) is 12.0. The Bertz CT molecular complexity index is 257. The zero-order valence-corrected chi connectivity index (χ0v) is 9.91. The molecule has 86 valence electrons. The van der Waals surface area contributed by atoms with Gasteiger partial charge in [0.05, 0.1) is 0 Å². The molecule has 1 atom stereocenters. The molecule has 0 heterocycles. The first-order valence-corrected chi connectivity index (χ1v) is 5.52. The Morgan fingerprint density at radius 1 is 1.27 bits per heavy atom.